The first kappa shape index (κ1) is 13.2. The highest BCUT2D eigenvalue weighted by Gasteiger charge is 2.94. The Labute approximate surface area is 125 Å². The van der Waals surface area contributed by atoms with Crippen LogP contribution >= 0.6 is 0 Å². The lowest BCUT2D eigenvalue weighted by Gasteiger charge is -2.25. The number of nitrogens with two attached hydrogens (primary N) is 1. The molecule has 0 unspecified atom stereocenters. The Bertz CT molecular complexity index is 789. The number of halogens is 1. The van der Waals surface area contributed by atoms with E-state index in [1.807, 2.05) is 0 Å². The first-order chi connectivity index (χ1) is 10.6. The summed E-state index contributed by atoms with van der Waals surface area (Å²) >= 11 is 0. The Hall–Kier alpha value is -2.48. The van der Waals surface area contributed by atoms with Gasteiger partial charge in [0.1, 0.15) is 17.1 Å². The highest BCUT2D eigenvalue weighted by atomic mass is 19.1. The fourth-order valence-electron chi connectivity index (χ4n) is 3.89. The van der Waals surface area contributed by atoms with Gasteiger partial charge < -0.3 is 15.2 Å². The summed E-state index contributed by atoms with van der Waals surface area (Å²) in [6.07, 6.45) is 0. The summed E-state index contributed by atoms with van der Waals surface area (Å²) in [5, 5.41) is 19.5. The van der Waals surface area contributed by atoms with E-state index in [0.717, 1.165) is 0 Å². The molecule has 2 fully saturated rings. The smallest absolute Gasteiger partial charge is 0.293 e. The molecule has 3 atom stereocenters. The molecule has 3 aliphatic rings. The van der Waals surface area contributed by atoms with Gasteiger partial charge in [-0.3, -0.25) is 0 Å². The lowest BCUT2D eigenvalue weighted by Crippen LogP contribution is -2.38. The minimum Gasteiger partial charge on any atom is -0.386 e. The van der Waals surface area contributed by atoms with Crippen molar-refractivity contribution in [2.24, 2.45) is 21.6 Å². The van der Waals surface area contributed by atoms with Gasteiger partial charge in [0.05, 0.1) is 25.4 Å². The van der Waals surface area contributed by atoms with Gasteiger partial charge in [-0.2, -0.15) is 10.5 Å². The Kier molecular flexibility index (Phi) is 2.30. The van der Waals surface area contributed by atoms with Crippen molar-refractivity contribution in [1.82, 2.24) is 0 Å². The SMILES string of the molecule is N#C[C@@]12C(N)=NC3(OCCO3)[C@]1(C#N)[C@@H]2c1ccccc1F. The van der Waals surface area contributed by atoms with Crippen molar-refractivity contribution in [1.29, 1.82) is 10.5 Å². The number of rotatable bonds is 1. The van der Waals surface area contributed by atoms with E-state index < -0.39 is 28.5 Å². The molecule has 0 bridgehead atoms. The molecular weight excluding hydrogens is 287 g/mol. The summed E-state index contributed by atoms with van der Waals surface area (Å²) in [4.78, 5) is 4.12. The molecule has 1 saturated heterocycles. The van der Waals surface area contributed by atoms with Crippen LogP contribution in [0, 0.1) is 39.3 Å². The second-order valence-corrected chi connectivity index (χ2v) is 5.57. The Morgan fingerprint density at radius 2 is 1.91 bits per heavy atom. The van der Waals surface area contributed by atoms with E-state index in [4.69, 9.17) is 15.2 Å². The number of nitriles is 2. The second kappa shape index (κ2) is 3.83. The first-order valence-electron chi connectivity index (χ1n) is 6.80. The molecule has 1 aliphatic carbocycles. The zero-order chi connectivity index (χ0) is 15.6. The van der Waals surface area contributed by atoms with Gasteiger partial charge >= 0.3 is 0 Å². The van der Waals surface area contributed by atoms with Gasteiger partial charge in [0.2, 0.25) is 0 Å². The molecule has 2 heterocycles. The van der Waals surface area contributed by atoms with Crippen LogP contribution < -0.4 is 5.73 Å². The van der Waals surface area contributed by atoms with Crippen molar-refractivity contribution in [2.75, 3.05) is 13.2 Å². The maximum absolute atomic E-state index is 14.2. The van der Waals surface area contributed by atoms with E-state index >= 15 is 0 Å². The summed E-state index contributed by atoms with van der Waals surface area (Å²) < 4.78 is 25.3. The molecule has 2 aliphatic heterocycles. The van der Waals surface area contributed by atoms with Crippen molar-refractivity contribution in [3.63, 3.8) is 0 Å². The summed E-state index contributed by atoms with van der Waals surface area (Å²) in [5.41, 5.74) is 3.32. The van der Waals surface area contributed by atoms with Crippen LogP contribution in [0.15, 0.2) is 29.3 Å². The first-order valence-corrected chi connectivity index (χ1v) is 6.80. The molecule has 1 aromatic carbocycles. The third-order valence-electron chi connectivity index (χ3n) is 4.82. The number of amidine groups is 1. The Morgan fingerprint density at radius 1 is 1.23 bits per heavy atom. The third-order valence-corrected chi connectivity index (χ3v) is 4.82. The molecule has 1 saturated carbocycles. The number of hydrogen-bond acceptors (Lipinski definition) is 6. The molecule has 2 N–H and O–H groups in total. The summed E-state index contributed by atoms with van der Waals surface area (Å²) in [5.74, 6) is -2.92. The Balaban J connectivity index is 1.97. The molecular formula is C15H11FN4O2. The van der Waals surface area contributed by atoms with Crippen LogP contribution in [0.3, 0.4) is 0 Å². The molecule has 1 aromatic rings. The van der Waals surface area contributed by atoms with Crippen molar-refractivity contribution < 1.29 is 13.9 Å². The van der Waals surface area contributed by atoms with Gasteiger partial charge in [-0.1, -0.05) is 18.2 Å². The van der Waals surface area contributed by atoms with Gasteiger partial charge in [-0.15, -0.1) is 0 Å². The zero-order valence-electron chi connectivity index (χ0n) is 11.4. The molecule has 22 heavy (non-hydrogen) atoms. The Morgan fingerprint density at radius 3 is 2.50 bits per heavy atom. The van der Waals surface area contributed by atoms with Crippen LogP contribution in [0.4, 0.5) is 4.39 Å². The maximum atomic E-state index is 14.2. The van der Waals surface area contributed by atoms with Crippen LogP contribution in [0.2, 0.25) is 0 Å². The minimum atomic E-state index is -1.62. The average Bonchev–Trinajstić information content (AvgIpc) is 2.76. The normalized spacial score (nSPS) is 37.2. The predicted molar refractivity (Wildman–Crippen MR) is 71.5 cm³/mol. The third kappa shape index (κ3) is 1.08. The monoisotopic (exact) mass is 298 g/mol. The molecule has 0 amide bonds. The van der Waals surface area contributed by atoms with Crippen molar-refractivity contribution in [3.8, 4) is 12.1 Å². The van der Waals surface area contributed by atoms with Gasteiger partial charge in [0.25, 0.3) is 5.91 Å². The molecule has 1 spiro atoms. The lowest BCUT2D eigenvalue weighted by molar-refractivity contribution is -0.184. The standard InChI is InChI=1S/C15H11FN4O2/c16-10-4-2-1-3-9(10)11-13(7-17)12(19)20-15(14(11,13)8-18)21-5-6-22-15/h1-4,11H,5-6H2,(H2,19,20)/t11-,13-,14-/m1/s1. The van der Waals surface area contributed by atoms with Gasteiger partial charge in [0, 0.05) is 5.92 Å². The second-order valence-electron chi connectivity index (χ2n) is 5.57. The van der Waals surface area contributed by atoms with Crippen LogP contribution in [0.25, 0.3) is 0 Å². The van der Waals surface area contributed by atoms with Gasteiger partial charge in [0.15, 0.2) is 5.41 Å². The van der Waals surface area contributed by atoms with E-state index in [9.17, 15) is 14.9 Å². The minimum absolute atomic E-state index is 0.0355. The van der Waals surface area contributed by atoms with Crippen molar-refractivity contribution in [2.45, 2.75) is 11.8 Å². The number of nitrogens with zero attached hydrogens (tertiary/aromatic N) is 3. The number of fused-ring (bicyclic) bond motifs is 2. The molecule has 110 valence electrons. The molecule has 7 heteroatoms. The van der Waals surface area contributed by atoms with E-state index in [1.165, 1.54) is 6.07 Å². The zero-order valence-corrected chi connectivity index (χ0v) is 11.4. The molecule has 6 nitrogen and oxygen atoms in total. The summed E-state index contributed by atoms with van der Waals surface area (Å²) in [6.45, 7) is 0.484. The maximum Gasteiger partial charge on any atom is 0.293 e. The van der Waals surface area contributed by atoms with Crippen LogP contribution in [0.5, 0.6) is 0 Å². The average molecular weight is 298 g/mol. The van der Waals surface area contributed by atoms with Gasteiger partial charge in [-0.25, -0.2) is 9.38 Å². The van der Waals surface area contributed by atoms with Crippen LogP contribution in [-0.4, -0.2) is 25.0 Å². The summed E-state index contributed by atoms with van der Waals surface area (Å²) in [7, 11) is 0. The highest BCUT2D eigenvalue weighted by Crippen LogP contribution is 2.82. The van der Waals surface area contributed by atoms with Crippen LogP contribution in [-0.2, 0) is 9.47 Å². The van der Waals surface area contributed by atoms with Crippen molar-refractivity contribution in [3.05, 3.63) is 35.6 Å². The van der Waals surface area contributed by atoms with E-state index in [2.05, 4.69) is 17.1 Å². The fraction of sp³-hybridized carbons (Fsp3) is 0.400. The summed E-state index contributed by atoms with van der Waals surface area (Å²) in [6, 6.07) is 10.2. The lowest BCUT2D eigenvalue weighted by atomic mass is 9.94. The fourth-order valence-corrected chi connectivity index (χ4v) is 3.89. The van der Waals surface area contributed by atoms with E-state index in [0.29, 0.717) is 0 Å². The van der Waals surface area contributed by atoms with Crippen molar-refractivity contribution >= 4 is 5.84 Å². The molecule has 0 aromatic heterocycles. The molecule has 4 rings (SSSR count). The highest BCUT2D eigenvalue weighted by molar-refractivity contribution is 6.00. The number of hydrogen-bond donors (Lipinski definition) is 1. The number of benzene rings is 1. The predicted octanol–water partition coefficient (Wildman–Crippen LogP) is 1.01. The molecule has 0 radical (unpaired) electrons. The topological polar surface area (TPSA) is 104 Å². The van der Waals surface area contributed by atoms with E-state index in [1.54, 1.807) is 18.2 Å². The van der Waals surface area contributed by atoms with Gasteiger partial charge in [-0.05, 0) is 11.6 Å². The largest absolute Gasteiger partial charge is 0.386 e. The quantitative estimate of drug-likeness (QED) is 0.833. The number of ether oxygens (including phenoxy) is 2. The number of aliphatic imine (C=N–C) groups is 1. The van der Waals surface area contributed by atoms with E-state index in [-0.39, 0.29) is 24.6 Å². The van der Waals surface area contributed by atoms with Crippen LogP contribution in [0.1, 0.15) is 11.5 Å².